The van der Waals surface area contributed by atoms with E-state index in [-0.39, 0.29) is 12.5 Å². The van der Waals surface area contributed by atoms with Gasteiger partial charge in [-0.15, -0.1) is 0 Å². The van der Waals surface area contributed by atoms with Gasteiger partial charge in [-0.2, -0.15) is 10.5 Å². The number of aromatic nitrogens is 2. The smallest absolute Gasteiger partial charge is 0.239 e. The first kappa shape index (κ1) is 23.6. The summed E-state index contributed by atoms with van der Waals surface area (Å²) in [6.45, 7) is 3.19. The molecule has 0 saturated carbocycles. The molecular formula is C28H29N7O. The molecule has 1 aromatic carbocycles. The van der Waals surface area contributed by atoms with Crippen LogP contribution in [-0.2, 0) is 17.6 Å². The van der Waals surface area contributed by atoms with Crippen molar-refractivity contribution in [2.75, 3.05) is 42.9 Å². The topological polar surface area (TPSA) is 101 Å². The normalized spacial score (nSPS) is 15.9. The molecule has 0 bridgehead atoms. The fraction of sp³-hybridized carbons (Fsp3) is 0.357. The second kappa shape index (κ2) is 10.6. The Balaban J connectivity index is 1.33. The zero-order valence-electron chi connectivity index (χ0n) is 20.3. The summed E-state index contributed by atoms with van der Waals surface area (Å²) in [6.07, 6.45) is 6.47. The number of hydrogen-bond acceptors (Lipinski definition) is 6. The Hall–Kier alpha value is -4.14. The molecule has 2 aliphatic rings. The van der Waals surface area contributed by atoms with Crippen LogP contribution in [0.25, 0.3) is 5.69 Å². The zero-order valence-corrected chi connectivity index (χ0v) is 20.3. The largest absolute Gasteiger partial charge is 0.354 e. The summed E-state index contributed by atoms with van der Waals surface area (Å²) in [7, 11) is 0. The Morgan fingerprint density at radius 1 is 0.944 bits per heavy atom. The predicted molar refractivity (Wildman–Crippen MR) is 138 cm³/mol. The van der Waals surface area contributed by atoms with Gasteiger partial charge in [0.05, 0.1) is 17.7 Å². The lowest BCUT2D eigenvalue weighted by molar-refractivity contribution is -0.117. The van der Waals surface area contributed by atoms with Crippen molar-refractivity contribution >= 4 is 17.5 Å². The van der Waals surface area contributed by atoms with Crippen LogP contribution in [0.4, 0.5) is 11.6 Å². The summed E-state index contributed by atoms with van der Waals surface area (Å²) in [4.78, 5) is 21.9. The van der Waals surface area contributed by atoms with Crippen LogP contribution in [0.3, 0.4) is 0 Å². The lowest BCUT2D eigenvalue weighted by atomic mass is 9.95. The maximum Gasteiger partial charge on any atom is 0.239 e. The van der Waals surface area contributed by atoms with Gasteiger partial charge in [-0.1, -0.05) is 18.2 Å². The molecule has 2 aromatic heterocycles. The number of nitrogens with zero attached hydrogens (tertiary/aromatic N) is 6. The first-order valence-corrected chi connectivity index (χ1v) is 12.5. The van der Waals surface area contributed by atoms with E-state index >= 15 is 0 Å². The molecule has 1 fully saturated rings. The van der Waals surface area contributed by atoms with Gasteiger partial charge < -0.3 is 10.2 Å². The Kier molecular flexibility index (Phi) is 6.97. The first-order valence-electron chi connectivity index (χ1n) is 12.5. The summed E-state index contributed by atoms with van der Waals surface area (Å²) in [5.41, 5.74) is 4.31. The van der Waals surface area contributed by atoms with Crippen LogP contribution in [0.15, 0.2) is 48.7 Å². The van der Waals surface area contributed by atoms with Crippen LogP contribution in [-0.4, -0.2) is 53.1 Å². The number of amides is 1. The van der Waals surface area contributed by atoms with Crippen LogP contribution in [0.1, 0.15) is 41.6 Å². The summed E-state index contributed by atoms with van der Waals surface area (Å²) in [6, 6.07) is 18.1. The fourth-order valence-electron chi connectivity index (χ4n) is 5.35. The number of pyridine rings is 1. The lowest BCUT2D eigenvalue weighted by Gasteiger charge is -2.23. The van der Waals surface area contributed by atoms with Crippen molar-refractivity contribution in [3.63, 3.8) is 0 Å². The van der Waals surface area contributed by atoms with Crippen molar-refractivity contribution in [2.24, 2.45) is 0 Å². The molecule has 1 aliphatic carbocycles. The lowest BCUT2D eigenvalue weighted by Crippen LogP contribution is -2.37. The van der Waals surface area contributed by atoms with Crippen molar-refractivity contribution in [1.82, 2.24) is 14.5 Å². The number of para-hydroxylation sites is 1. The maximum absolute atomic E-state index is 13.3. The van der Waals surface area contributed by atoms with Crippen molar-refractivity contribution in [3.8, 4) is 17.8 Å². The third-order valence-corrected chi connectivity index (χ3v) is 7.02. The number of hydrogen-bond donors (Lipinski definition) is 1. The molecule has 182 valence electrons. The molecule has 1 N–H and O–H groups in total. The molecule has 5 rings (SSSR count). The molecule has 8 nitrogen and oxygen atoms in total. The number of benzene rings is 1. The van der Waals surface area contributed by atoms with Gasteiger partial charge in [0.2, 0.25) is 5.91 Å². The number of fused-ring (bicyclic) bond motifs is 1. The van der Waals surface area contributed by atoms with E-state index in [0.717, 1.165) is 62.1 Å². The molecule has 8 heteroatoms. The quantitative estimate of drug-likeness (QED) is 0.600. The van der Waals surface area contributed by atoms with Gasteiger partial charge in [-0.25, -0.2) is 4.98 Å². The highest BCUT2D eigenvalue weighted by molar-refractivity contribution is 5.93. The Morgan fingerprint density at radius 3 is 2.58 bits per heavy atom. The third kappa shape index (κ3) is 4.68. The molecule has 1 saturated heterocycles. The second-order valence-corrected chi connectivity index (χ2v) is 9.29. The minimum absolute atomic E-state index is 0.123. The van der Waals surface area contributed by atoms with Crippen LogP contribution < -0.4 is 10.2 Å². The van der Waals surface area contributed by atoms with E-state index in [4.69, 9.17) is 0 Å². The van der Waals surface area contributed by atoms with E-state index in [2.05, 4.69) is 36.8 Å². The highest BCUT2D eigenvalue weighted by atomic mass is 16.2. The van der Waals surface area contributed by atoms with Gasteiger partial charge in [0, 0.05) is 43.8 Å². The fourth-order valence-corrected chi connectivity index (χ4v) is 5.35. The highest BCUT2D eigenvalue weighted by Gasteiger charge is 2.27. The van der Waals surface area contributed by atoms with Crippen LogP contribution in [0.2, 0.25) is 0 Å². The maximum atomic E-state index is 13.3. The molecule has 0 radical (unpaired) electrons. The second-order valence-electron chi connectivity index (χ2n) is 9.29. The van der Waals surface area contributed by atoms with E-state index in [9.17, 15) is 15.3 Å². The summed E-state index contributed by atoms with van der Waals surface area (Å²) < 4.78 is 2.07. The summed E-state index contributed by atoms with van der Waals surface area (Å²) >= 11 is 0. The zero-order chi connectivity index (χ0) is 24.9. The van der Waals surface area contributed by atoms with E-state index in [1.165, 1.54) is 0 Å². The number of nitriles is 2. The molecule has 3 aromatic rings. The van der Waals surface area contributed by atoms with Gasteiger partial charge in [0.15, 0.2) is 0 Å². The molecule has 1 amide bonds. The van der Waals surface area contributed by atoms with Gasteiger partial charge >= 0.3 is 0 Å². The number of rotatable bonds is 5. The number of nitrogens with one attached hydrogen (secondary N) is 1. The van der Waals surface area contributed by atoms with Gasteiger partial charge in [0.25, 0.3) is 0 Å². The van der Waals surface area contributed by atoms with Crippen molar-refractivity contribution < 1.29 is 4.79 Å². The van der Waals surface area contributed by atoms with Gasteiger partial charge in [-0.05, 0) is 61.9 Å². The van der Waals surface area contributed by atoms with E-state index in [1.807, 2.05) is 30.3 Å². The Labute approximate surface area is 211 Å². The van der Waals surface area contributed by atoms with Crippen molar-refractivity contribution in [1.29, 1.82) is 10.5 Å². The molecule has 0 spiro atoms. The number of carbonyl (C=O) groups excluding carboxylic acids is 1. The first-order chi connectivity index (χ1) is 17.7. The minimum Gasteiger partial charge on any atom is -0.354 e. The summed E-state index contributed by atoms with van der Waals surface area (Å²) in [5.74, 6) is 1.17. The van der Waals surface area contributed by atoms with Crippen molar-refractivity contribution in [3.05, 3.63) is 71.0 Å². The van der Waals surface area contributed by atoms with E-state index in [1.54, 1.807) is 18.3 Å². The molecule has 1 aliphatic heterocycles. The van der Waals surface area contributed by atoms with Gasteiger partial charge in [-0.3, -0.25) is 14.3 Å². The Morgan fingerprint density at radius 2 is 1.78 bits per heavy atom. The minimum atomic E-state index is -0.123. The molecule has 0 atom stereocenters. The SMILES string of the molecule is N#Cc1cccnc1N1CCCN(CC(=O)Nc2c(C#N)c3c(n2-c2ccccc2)CCCC3)CC1. The van der Waals surface area contributed by atoms with Crippen LogP contribution >= 0.6 is 0 Å². The Bertz CT molecular complexity index is 1330. The van der Waals surface area contributed by atoms with Crippen molar-refractivity contribution in [2.45, 2.75) is 32.1 Å². The molecule has 36 heavy (non-hydrogen) atoms. The van der Waals surface area contributed by atoms with E-state index in [0.29, 0.717) is 35.9 Å². The number of carbonyl (C=O) groups is 1. The van der Waals surface area contributed by atoms with Crippen LogP contribution in [0, 0.1) is 22.7 Å². The van der Waals surface area contributed by atoms with Gasteiger partial charge in [0.1, 0.15) is 23.8 Å². The monoisotopic (exact) mass is 479 g/mol. The average molecular weight is 480 g/mol. The van der Waals surface area contributed by atoms with Crippen LogP contribution in [0.5, 0.6) is 0 Å². The average Bonchev–Trinajstić information content (AvgIpc) is 3.04. The predicted octanol–water partition coefficient (Wildman–Crippen LogP) is 3.65. The summed E-state index contributed by atoms with van der Waals surface area (Å²) in [5, 5.41) is 22.6. The van der Waals surface area contributed by atoms with E-state index < -0.39 is 0 Å². The molecule has 0 unspecified atom stereocenters. The highest BCUT2D eigenvalue weighted by Crippen LogP contribution is 2.35. The standard InChI is InChI=1S/C28H29N7O/c29-18-21-8-6-13-31-27(21)34-15-7-14-33(16-17-34)20-26(36)32-28-24(19-30)23-11-4-5-12-25(23)35(28)22-9-2-1-3-10-22/h1-3,6,8-10,13H,4-5,7,11-12,14-17,20H2,(H,32,36). The molecule has 3 heterocycles. The third-order valence-electron chi connectivity index (χ3n) is 7.02. The molecular weight excluding hydrogens is 450 g/mol. The number of anilines is 2.